The van der Waals surface area contributed by atoms with Crippen molar-refractivity contribution in [1.29, 1.82) is 0 Å². The van der Waals surface area contributed by atoms with Crippen LogP contribution in [-0.2, 0) is 22.5 Å². The molecular formula is C19H22N2O3S2. The Balaban J connectivity index is 1.87. The molecule has 1 aliphatic heterocycles. The molecule has 0 bridgehead atoms. The maximum Gasteiger partial charge on any atom is 0.341 e. The van der Waals surface area contributed by atoms with Crippen LogP contribution in [0.25, 0.3) is 0 Å². The van der Waals surface area contributed by atoms with E-state index in [-0.39, 0.29) is 11.6 Å². The minimum absolute atomic E-state index is 0.310. The first kappa shape index (κ1) is 18.8. The number of rotatable bonds is 4. The summed E-state index contributed by atoms with van der Waals surface area (Å²) in [5.74, 6) is -0.326. The van der Waals surface area contributed by atoms with Gasteiger partial charge >= 0.3 is 5.97 Å². The first-order chi connectivity index (χ1) is 12.4. The predicted octanol–water partition coefficient (Wildman–Crippen LogP) is 4.59. The van der Waals surface area contributed by atoms with Crippen molar-refractivity contribution >= 4 is 45.3 Å². The molecule has 0 fully saturated rings. The number of benzene rings is 1. The summed E-state index contributed by atoms with van der Waals surface area (Å²) >= 11 is 6.91. The summed E-state index contributed by atoms with van der Waals surface area (Å²) in [6, 6.07) is 9.65. The first-order valence-electron chi connectivity index (χ1n) is 8.48. The molecule has 3 rings (SSSR count). The Morgan fingerprint density at radius 2 is 2.04 bits per heavy atom. The highest BCUT2D eigenvalue weighted by Gasteiger charge is 2.34. The van der Waals surface area contributed by atoms with Gasteiger partial charge in [-0.3, -0.25) is 0 Å². The fraction of sp³-hybridized carbons (Fsp3) is 0.368. The number of thiocarbonyl (C=S) groups is 1. The van der Waals surface area contributed by atoms with E-state index in [9.17, 15) is 4.79 Å². The normalized spacial score (nSPS) is 15.0. The second kappa shape index (κ2) is 7.73. The molecule has 0 atom stereocenters. The number of fused-ring (bicyclic) bond motifs is 1. The molecule has 7 heteroatoms. The van der Waals surface area contributed by atoms with E-state index in [1.54, 1.807) is 6.92 Å². The molecular weight excluding hydrogens is 368 g/mol. The monoisotopic (exact) mass is 390 g/mol. The Morgan fingerprint density at radius 3 is 2.73 bits per heavy atom. The smallest absolute Gasteiger partial charge is 0.341 e. The number of para-hydroxylation sites is 1. The zero-order chi connectivity index (χ0) is 18.7. The molecule has 1 aromatic carbocycles. The molecule has 0 spiro atoms. The number of hydrogen-bond acceptors (Lipinski definition) is 5. The Labute approximate surface area is 162 Å². The summed E-state index contributed by atoms with van der Waals surface area (Å²) < 4.78 is 11.2. The van der Waals surface area contributed by atoms with Crippen LogP contribution in [0, 0.1) is 0 Å². The molecule has 2 N–H and O–H groups in total. The van der Waals surface area contributed by atoms with E-state index in [1.807, 2.05) is 44.2 Å². The zero-order valence-electron chi connectivity index (χ0n) is 15.0. The SMILES string of the molecule is CCOC(=O)c1c(NC(=S)Nc2ccccc2)sc2c1CC(C)(C)OC2. The van der Waals surface area contributed by atoms with Gasteiger partial charge in [-0.05, 0) is 50.7 Å². The molecule has 2 aromatic rings. The molecule has 0 radical (unpaired) electrons. The maximum atomic E-state index is 12.6. The van der Waals surface area contributed by atoms with Crippen molar-refractivity contribution in [3.8, 4) is 0 Å². The highest BCUT2D eigenvalue weighted by Crippen LogP contribution is 2.40. The van der Waals surface area contributed by atoms with Crippen LogP contribution in [0.3, 0.4) is 0 Å². The lowest BCUT2D eigenvalue weighted by molar-refractivity contribution is -0.0384. The second-order valence-electron chi connectivity index (χ2n) is 6.60. The molecule has 0 amide bonds. The third-order valence-electron chi connectivity index (χ3n) is 4.03. The van der Waals surface area contributed by atoms with Gasteiger partial charge in [-0.15, -0.1) is 11.3 Å². The number of ether oxygens (including phenoxy) is 2. The number of carbonyl (C=O) groups is 1. The summed E-state index contributed by atoms with van der Waals surface area (Å²) in [6.07, 6.45) is 0.660. The Hall–Kier alpha value is -1.96. The number of hydrogen-bond donors (Lipinski definition) is 2. The standard InChI is InChI=1S/C19H22N2O3S2/c1-4-23-17(22)15-13-10-19(2,3)24-11-14(13)26-16(15)21-18(25)20-12-8-6-5-7-9-12/h5-9H,4,10-11H2,1-3H3,(H2,20,21,25). The summed E-state index contributed by atoms with van der Waals surface area (Å²) in [5, 5.41) is 7.42. The van der Waals surface area contributed by atoms with Crippen molar-refractivity contribution in [2.45, 2.75) is 39.4 Å². The van der Waals surface area contributed by atoms with Gasteiger partial charge in [0.15, 0.2) is 5.11 Å². The lowest BCUT2D eigenvalue weighted by Crippen LogP contribution is -2.32. The molecule has 2 heterocycles. The van der Waals surface area contributed by atoms with Gasteiger partial charge in [-0.25, -0.2) is 4.79 Å². The Morgan fingerprint density at radius 1 is 1.31 bits per heavy atom. The minimum Gasteiger partial charge on any atom is -0.462 e. The number of thiophene rings is 1. The molecule has 0 saturated heterocycles. The highest BCUT2D eigenvalue weighted by molar-refractivity contribution is 7.80. The molecule has 26 heavy (non-hydrogen) atoms. The van der Waals surface area contributed by atoms with Gasteiger partial charge < -0.3 is 20.1 Å². The molecule has 5 nitrogen and oxygen atoms in total. The second-order valence-corrected chi connectivity index (χ2v) is 8.11. The van der Waals surface area contributed by atoms with E-state index >= 15 is 0 Å². The molecule has 0 unspecified atom stereocenters. The van der Waals surface area contributed by atoms with Gasteiger partial charge in [0.2, 0.25) is 0 Å². The van der Waals surface area contributed by atoms with E-state index in [4.69, 9.17) is 21.7 Å². The maximum absolute atomic E-state index is 12.6. The van der Waals surface area contributed by atoms with Crippen LogP contribution in [0.2, 0.25) is 0 Å². The average Bonchev–Trinajstić information content (AvgIpc) is 2.91. The minimum atomic E-state index is -0.326. The molecule has 1 aliphatic rings. The third kappa shape index (κ3) is 4.23. The zero-order valence-corrected chi connectivity index (χ0v) is 16.7. The lowest BCUT2D eigenvalue weighted by Gasteiger charge is -2.30. The van der Waals surface area contributed by atoms with Crippen molar-refractivity contribution < 1.29 is 14.3 Å². The topological polar surface area (TPSA) is 59.6 Å². The van der Waals surface area contributed by atoms with Crippen molar-refractivity contribution in [2.24, 2.45) is 0 Å². The summed E-state index contributed by atoms with van der Waals surface area (Å²) in [7, 11) is 0. The Kier molecular flexibility index (Phi) is 5.60. The average molecular weight is 391 g/mol. The molecule has 0 saturated carbocycles. The van der Waals surface area contributed by atoms with E-state index < -0.39 is 0 Å². The van der Waals surface area contributed by atoms with Gasteiger partial charge in [0.25, 0.3) is 0 Å². The van der Waals surface area contributed by atoms with E-state index in [0.29, 0.717) is 35.3 Å². The van der Waals surface area contributed by atoms with Gasteiger partial charge in [0, 0.05) is 17.0 Å². The van der Waals surface area contributed by atoms with Crippen LogP contribution in [0.15, 0.2) is 30.3 Å². The van der Waals surface area contributed by atoms with Gasteiger partial charge in [-0.2, -0.15) is 0 Å². The van der Waals surface area contributed by atoms with Crippen molar-refractivity contribution in [3.63, 3.8) is 0 Å². The largest absolute Gasteiger partial charge is 0.462 e. The molecule has 1 aromatic heterocycles. The fourth-order valence-corrected chi connectivity index (χ4v) is 4.26. The van der Waals surface area contributed by atoms with E-state index in [2.05, 4.69) is 10.6 Å². The van der Waals surface area contributed by atoms with Crippen molar-refractivity contribution in [3.05, 3.63) is 46.3 Å². The van der Waals surface area contributed by atoms with Crippen molar-refractivity contribution in [1.82, 2.24) is 0 Å². The van der Waals surface area contributed by atoms with E-state index in [0.717, 1.165) is 16.1 Å². The number of nitrogens with one attached hydrogen (secondary N) is 2. The molecule has 138 valence electrons. The van der Waals surface area contributed by atoms with E-state index in [1.165, 1.54) is 11.3 Å². The van der Waals surface area contributed by atoms with Crippen LogP contribution in [-0.4, -0.2) is 23.3 Å². The number of carbonyl (C=O) groups excluding carboxylic acids is 1. The summed E-state index contributed by atoms with van der Waals surface area (Å²) in [6.45, 7) is 6.67. The van der Waals surface area contributed by atoms with Crippen molar-refractivity contribution in [2.75, 3.05) is 17.2 Å². The third-order valence-corrected chi connectivity index (χ3v) is 5.35. The van der Waals surface area contributed by atoms with Crippen LogP contribution in [0.1, 0.15) is 41.6 Å². The summed E-state index contributed by atoms with van der Waals surface area (Å²) in [5.41, 5.74) is 2.14. The number of esters is 1. The lowest BCUT2D eigenvalue weighted by atomic mass is 9.93. The summed E-state index contributed by atoms with van der Waals surface area (Å²) in [4.78, 5) is 13.6. The first-order valence-corrected chi connectivity index (χ1v) is 9.71. The Bertz CT molecular complexity index is 816. The van der Waals surface area contributed by atoms with Gasteiger partial charge in [-0.1, -0.05) is 18.2 Å². The van der Waals surface area contributed by atoms with Crippen LogP contribution < -0.4 is 10.6 Å². The molecule has 0 aliphatic carbocycles. The highest BCUT2D eigenvalue weighted by atomic mass is 32.1. The van der Waals surface area contributed by atoms with Gasteiger partial charge in [0.1, 0.15) is 5.00 Å². The van der Waals surface area contributed by atoms with Crippen LogP contribution >= 0.6 is 23.6 Å². The van der Waals surface area contributed by atoms with Crippen LogP contribution in [0.5, 0.6) is 0 Å². The quantitative estimate of drug-likeness (QED) is 0.588. The van der Waals surface area contributed by atoms with Crippen LogP contribution in [0.4, 0.5) is 10.7 Å². The number of anilines is 2. The van der Waals surface area contributed by atoms with Gasteiger partial charge in [0.05, 0.1) is 24.4 Å². The fourth-order valence-electron chi connectivity index (χ4n) is 2.85. The predicted molar refractivity (Wildman–Crippen MR) is 109 cm³/mol.